The maximum Gasteiger partial charge on any atom is 0.315 e. The molecule has 10 heteroatoms. The molecule has 1 aliphatic heterocycles. The number of carbonyl (C=O) groups is 2. The van der Waals surface area contributed by atoms with Gasteiger partial charge in [0.25, 0.3) is 11.8 Å². The number of benzene rings is 2. The minimum absolute atomic E-state index is 0.00734. The molecule has 0 spiro atoms. The normalized spacial score (nSPS) is 14.5. The number of anilines is 1. The highest BCUT2D eigenvalue weighted by molar-refractivity contribution is 6.31. The molecule has 0 aromatic heterocycles. The number of nitriles is 1. The summed E-state index contributed by atoms with van der Waals surface area (Å²) in [5.74, 6) is -1.47. The Kier molecular flexibility index (Phi) is 5.41. The third-order valence-corrected chi connectivity index (χ3v) is 3.97. The van der Waals surface area contributed by atoms with Crippen LogP contribution in [0.5, 0.6) is 11.5 Å². The minimum atomic E-state index is -0.704. The molecule has 29 heavy (non-hydrogen) atoms. The van der Waals surface area contributed by atoms with Crippen molar-refractivity contribution in [2.24, 2.45) is 0 Å². The first-order valence-electron chi connectivity index (χ1n) is 8.24. The van der Waals surface area contributed by atoms with Gasteiger partial charge in [0.2, 0.25) is 5.75 Å². The van der Waals surface area contributed by atoms with Crippen molar-refractivity contribution in [1.29, 1.82) is 5.26 Å². The van der Waals surface area contributed by atoms with Gasteiger partial charge in [0.1, 0.15) is 11.6 Å². The molecule has 3 rings (SSSR count). The molecule has 2 aromatic rings. The summed E-state index contributed by atoms with van der Waals surface area (Å²) >= 11 is 0. The first-order valence-corrected chi connectivity index (χ1v) is 8.24. The van der Waals surface area contributed by atoms with Gasteiger partial charge in [-0.2, -0.15) is 5.26 Å². The van der Waals surface area contributed by atoms with E-state index < -0.39 is 29.0 Å². The van der Waals surface area contributed by atoms with Gasteiger partial charge in [-0.15, -0.1) is 0 Å². The molecule has 2 aromatic carbocycles. The fraction of sp³-hybridized carbons (Fsp3) is 0.105. The van der Waals surface area contributed by atoms with Gasteiger partial charge in [-0.05, 0) is 29.8 Å². The van der Waals surface area contributed by atoms with Gasteiger partial charge in [-0.1, -0.05) is 18.2 Å². The number of nitro groups is 1. The monoisotopic (exact) mass is 394 g/mol. The van der Waals surface area contributed by atoms with Crippen LogP contribution in [0.25, 0.3) is 6.08 Å². The molecule has 1 heterocycles. The Labute approximate surface area is 164 Å². The molecule has 1 fully saturated rings. The van der Waals surface area contributed by atoms with E-state index in [1.807, 2.05) is 0 Å². The van der Waals surface area contributed by atoms with Crippen molar-refractivity contribution >= 4 is 29.3 Å². The third-order valence-electron chi connectivity index (χ3n) is 3.97. The smallest absolute Gasteiger partial charge is 0.315 e. The molecule has 10 nitrogen and oxygen atoms in total. The highest BCUT2D eigenvalue weighted by Crippen LogP contribution is 2.39. The lowest BCUT2D eigenvalue weighted by molar-refractivity contribution is -0.385. The fourth-order valence-corrected chi connectivity index (χ4v) is 2.71. The molecule has 0 atom stereocenters. The summed E-state index contributed by atoms with van der Waals surface area (Å²) in [5, 5.41) is 21.2. The van der Waals surface area contributed by atoms with Crippen LogP contribution in [-0.4, -0.2) is 30.5 Å². The second kappa shape index (κ2) is 8.10. The number of hydrogen-bond acceptors (Lipinski definition) is 7. The van der Waals surface area contributed by atoms with E-state index in [9.17, 15) is 19.7 Å². The molecule has 1 aliphatic rings. The van der Waals surface area contributed by atoms with Gasteiger partial charge < -0.3 is 9.47 Å². The number of amides is 2. The van der Waals surface area contributed by atoms with E-state index in [-0.39, 0.29) is 22.6 Å². The van der Waals surface area contributed by atoms with E-state index in [4.69, 9.17) is 14.7 Å². The predicted octanol–water partition coefficient (Wildman–Crippen LogP) is 1.97. The van der Waals surface area contributed by atoms with Crippen molar-refractivity contribution < 1.29 is 24.0 Å². The Morgan fingerprint density at radius 1 is 1.28 bits per heavy atom. The highest BCUT2D eigenvalue weighted by Gasteiger charge is 2.34. The number of ether oxygens (including phenoxy) is 2. The van der Waals surface area contributed by atoms with Crippen LogP contribution in [0.3, 0.4) is 0 Å². The number of carbonyl (C=O) groups excluding carboxylic acids is 2. The van der Waals surface area contributed by atoms with Crippen LogP contribution in [-0.2, 0) is 9.59 Å². The number of hydrogen-bond donors (Lipinski definition) is 1. The number of hydrazine groups is 1. The van der Waals surface area contributed by atoms with Gasteiger partial charge in [0, 0.05) is 6.07 Å². The number of nitrogens with one attached hydrogen (secondary N) is 1. The summed E-state index contributed by atoms with van der Waals surface area (Å²) < 4.78 is 10.2. The Balaban J connectivity index is 2.02. The zero-order valence-corrected chi connectivity index (χ0v) is 15.1. The van der Waals surface area contributed by atoms with Crippen molar-refractivity contribution in [3.05, 3.63) is 63.7 Å². The second-order valence-electron chi connectivity index (χ2n) is 5.75. The average Bonchev–Trinajstić information content (AvgIpc) is 3.00. The van der Waals surface area contributed by atoms with Crippen molar-refractivity contribution in [1.82, 2.24) is 5.43 Å². The molecule has 0 aliphatic carbocycles. The molecule has 1 saturated heterocycles. The Hall–Kier alpha value is -4.39. The first kappa shape index (κ1) is 19.4. The van der Waals surface area contributed by atoms with E-state index in [2.05, 4.69) is 5.43 Å². The molecule has 0 unspecified atom stereocenters. The second-order valence-corrected chi connectivity index (χ2v) is 5.75. The topological polar surface area (TPSA) is 135 Å². The molecular formula is C19H14N4O6. The van der Waals surface area contributed by atoms with E-state index in [1.165, 1.54) is 19.3 Å². The molecule has 1 N–H and O–H groups in total. The van der Waals surface area contributed by atoms with Crippen LogP contribution in [0.15, 0.2) is 48.0 Å². The molecule has 0 saturated carbocycles. The van der Waals surface area contributed by atoms with Crippen molar-refractivity contribution in [3.8, 4) is 17.6 Å². The molecule has 146 valence electrons. The molecule has 0 bridgehead atoms. The number of methoxy groups -OCH3 is 1. The Bertz CT molecular complexity index is 1060. The number of nitrogens with zero attached hydrogens (tertiary/aromatic N) is 3. The Morgan fingerprint density at radius 2 is 2.00 bits per heavy atom. The zero-order chi connectivity index (χ0) is 21.0. The first-order chi connectivity index (χ1) is 14.0. The summed E-state index contributed by atoms with van der Waals surface area (Å²) in [6, 6.07) is 12.7. The molecule has 0 radical (unpaired) electrons. The van der Waals surface area contributed by atoms with Gasteiger partial charge >= 0.3 is 5.69 Å². The van der Waals surface area contributed by atoms with Crippen LogP contribution >= 0.6 is 0 Å². The standard InChI is InChI=1S/C19H14N4O6/c1-28-16-11-12(10-15(23(26)27)17(16)29-8-7-20)9-14-18(24)21-22(19(14)25)13-5-3-2-4-6-13/h2-6,9-11H,8H2,1H3,(H,21,24)/b14-9-. The lowest BCUT2D eigenvalue weighted by Gasteiger charge is -2.13. The van der Waals surface area contributed by atoms with Gasteiger partial charge in [-0.3, -0.25) is 25.1 Å². The van der Waals surface area contributed by atoms with E-state index in [0.717, 1.165) is 11.1 Å². The summed E-state index contributed by atoms with van der Waals surface area (Å²) in [4.78, 5) is 35.7. The largest absolute Gasteiger partial charge is 0.493 e. The minimum Gasteiger partial charge on any atom is -0.493 e. The molecule has 2 amide bonds. The van der Waals surface area contributed by atoms with Crippen molar-refractivity contribution in [2.45, 2.75) is 0 Å². The van der Waals surface area contributed by atoms with Crippen LogP contribution < -0.4 is 19.9 Å². The van der Waals surface area contributed by atoms with Gasteiger partial charge in [0.05, 0.1) is 17.7 Å². The maximum atomic E-state index is 12.7. The number of nitro benzene ring substituents is 1. The maximum absolute atomic E-state index is 12.7. The average molecular weight is 394 g/mol. The predicted molar refractivity (Wildman–Crippen MR) is 101 cm³/mol. The van der Waals surface area contributed by atoms with Crippen LogP contribution in [0, 0.1) is 21.4 Å². The van der Waals surface area contributed by atoms with Crippen molar-refractivity contribution in [2.75, 3.05) is 18.7 Å². The zero-order valence-electron chi connectivity index (χ0n) is 15.1. The van der Waals surface area contributed by atoms with E-state index in [1.54, 1.807) is 36.4 Å². The van der Waals surface area contributed by atoms with E-state index in [0.29, 0.717) is 5.69 Å². The van der Waals surface area contributed by atoms with Crippen LogP contribution in [0.1, 0.15) is 5.56 Å². The number of para-hydroxylation sites is 1. The lowest BCUT2D eigenvalue weighted by atomic mass is 10.1. The summed E-state index contributed by atoms with van der Waals surface area (Å²) in [6.45, 7) is -0.412. The number of rotatable bonds is 6. The van der Waals surface area contributed by atoms with E-state index >= 15 is 0 Å². The highest BCUT2D eigenvalue weighted by atomic mass is 16.6. The summed E-state index contributed by atoms with van der Waals surface area (Å²) in [7, 11) is 1.28. The fourth-order valence-electron chi connectivity index (χ4n) is 2.71. The Morgan fingerprint density at radius 3 is 2.62 bits per heavy atom. The van der Waals surface area contributed by atoms with Gasteiger partial charge in [0.15, 0.2) is 12.4 Å². The summed E-state index contributed by atoms with van der Waals surface area (Å²) in [5.41, 5.74) is 2.44. The molecular weight excluding hydrogens is 380 g/mol. The summed E-state index contributed by atoms with van der Waals surface area (Å²) in [6.07, 6.45) is 1.23. The van der Waals surface area contributed by atoms with Crippen LogP contribution in [0.4, 0.5) is 11.4 Å². The quantitative estimate of drug-likeness (QED) is 0.342. The van der Waals surface area contributed by atoms with Crippen LogP contribution in [0.2, 0.25) is 0 Å². The van der Waals surface area contributed by atoms with Gasteiger partial charge in [-0.25, -0.2) is 5.01 Å². The SMILES string of the molecule is COc1cc(/C=C2/C(=O)NN(c3ccccc3)C2=O)cc([N+](=O)[O-])c1OCC#N. The lowest BCUT2D eigenvalue weighted by Crippen LogP contribution is -2.35. The third kappa shape index (κ3) is 3.84. The van der Waals surface area contributed by atoms with Crippen molar-refractivity contribution in [3.63, 3.8) is 0 Å².